The van der Waals surface area contributed by atoms with Crippen LogP contribution >= 0.6 is 0 Å². The van der Waals surface area contributed by atoms with E-state index in [9.17, 15) is 35.1 Å². The fourth-order valence-electron chi connectivity index (χ4n) is 8.90. The third kappa shape index (κ3) is 38.2. The maximum Gasteiger partial charge on any atom is 0.305 e. The van der Waals surface area contributed by atoms with Crippen molar-refractivity contribution in [2.45, 2.75) is 301 Å². The zero-order valence-corrected chi connectivity index (χ0v) is 44.3. The van der Waals surface area contributed by atoms with E-state index >= 15 is 0 Å². The lowest BCUT2D eigenvalue weighted by atomic mass is 9.99. The van der Waals surface area contributed by atoms with Crippen molar-refractivity contribution in [1.82, 2.24) is 5.32 Å². The van der Waals surface area contributed by atoms with Gasteiger partial charge in [0, 0.05) is 12.8 Å². The standard InChI is InChI=1S/C58H107NO10/c1-3-5-7-9-11-13-14-22-26-30-34-38-42-46-54(63)67-47-43-39-35-31-27-24-21-19-17-15-16-18-20-23-25-29-33-37-41-45-53(62)59-50(51(61)44-40-36-32-28-12-10-8-6-4-2)49-68-58-57(66)56(65)55(64)52(48-60)69-58/h19,21,24,27,40,44,50-52,55-58,60-61,64-66H,3-18,20,22-23,25-26,28-39,41-43,45-49H2,1-2H3,(H,59,62)/b21-19-,27-24-,44-40+. The smallest absolute Gasteiger partial charge is 0.305 e. The second-order valence-electron chi connectivity index (χ2n) is 20.0. The molecule has 1 fully saturated rings. The van der Waals surface area contributed by atoms with Crippen LogP contribution < -0.4 is 5.32 Å². The molecule has 7 atom stereocenters. The summed E-state index contributed by atoms with van der Waals surface area (Å²) in [5.74, 6) is -0.221. The first-order chi connectivity index (χ1) is 33.7. The zero-order valence-electron chi connectivity index (χ0n) is 44.3. The van der Waals surface area contributed by atoms with Gasteiger partial charge in [0.05, 0.1) is 32.0 Å². The normalized spacial score (nSPS) is 19.6. The van der Waals surface area contributed by atoms with E-state index in [2.05, 4.69) is 43.5 Å². The lowest BCUT2D eigenvalue weighted by Gasteiger charge is -2.40. The van der Waals surface area contributed by atoms with Crippen molar-refractivity contribution in [1.29, 1.82) is 0 Å². The van der Waals surface area contributed by atoms with Crippen molar-refractivity contribution in [3.63, 3.8) is 0 Å². The molecule has 1 saturated heterocycles. The highest BCUT2D eigenvalue weighted by Gasteiger charge is 2.44. The Morgan fingerprint density at radius 3 is 1.43 bits per heavy atom. The van der Waals surface area contributed by atoms with E-state index in [1.807, 2.05) is 6.08 Å². The minimum absolute atomic E-state index is 0.0271. The number of aliphatic hydroxyl groups is 5. The number of carbonyl (C=O) groups excluding carboxylic acids is 2. The minimum Gasteiger partial charge on any atom is -0.466 e. The first kappa shape index (κ1) is 64.9. The van der Waals surface area contributed by atoms with Crippen LogP contribution in [0, 0.1) is 0 Å². The molecule has 0 aromatic carbocycles. The Balaban J connectivity index is 2.07. The fraction of sp³-hybridized carbons (Fsp3) is 0.862. The third-order valence-corrected chi connectivity index (χ3v) is 13.5. The minimum atomic E-state index is -1.57. The van der Waals surface area contributed by atoms with Crippen molar-refractivity contribution in [3.8, 4) is 0 Å². The van der Waals surface area contributed by atoms with Gasteiger partial charge < -0.3 is 45.1 Å². The topological polar surface area (TPSA) is 175 Å². The molecular formula is C58H107NO10. The second-order valence-corrected chi connectivity index (χ2v) is 20.0. The molecule has 0 bridgehead atoms. The molecule has 0 spiro atoms. The van der Waals surface area contributed by atoms with Crippen LogP contribution in [-0.4, -0.2) is 100 Å². The van der Waals surface area contributed by atoms with Gasteiger partial charge in [-0.2, -0.15) is 0 Å². The predicted octanol–water partition coefficient (Wildman–Crippen LogP) is 12.7. The lowest BCUT2D eigenvalue weighted by molar-refractivity contribution is -0.302. The number of allylic oxidation sites excluding steroid dienone is 5. The third-order valence-electron chi connectivity index (χ3n) is 13.5. The molecule has 0 aromatic heterocycles. The van der Waals surface area contributed by atoms with E-state index in [-0.39, 0.29) is 18.5 Å². The molecule has 6 N–H and O–H groups in total. The number of aliphatic hydroxyl groups excluding tert-OH is 5. The number of amides is 1. The molecule has 11 heteroatoms. The van der Waals surface area contributed by atoms with Gasteiger partial charge in [-0.3, -0.25) is 9.59 Å². The molecule has 1 aliphatic rings. The van der Waals surface area contributed by atoms with Crippen molar-refractivity contribution < 1.29 is 49.3 Å². The second kappa shape index (κ2) is 48.2. The highest BCUT2D eigenvalue weighted by atomic mass is 16.7. The monoisotopic (exact) mass is 978 g/mol. The highest BCUT2D eigenvalue weighted by molar-refractivity contribution is 5.76. The largest absolute Gasteiger partial charge is 0.466 e. The molecule has 1 heterocycles. The predicted molar refractivity (Wildman–Crippen MR) is 283 cm³/mol. The van der Waals surface area contributed by atoms with E-state index in [0.29, 0.717) is 19.4 Å². The average Bonchev–Trinajstić information content (AvgIpc) is 3.34. The number of nitrogens with one attached hydrogen (secondary N) is 1. The van der Waals surface area contributed by atoms with Crippen molar-refractivity contribution in [3.05, 3.63) is 36.5 Å². The summed E-state index contributed by atoms with van der Waals surface area (Å²) in [5.41, 5.74) is 0. The molecule has 1 rings (SSSR count). The molecule has 0 radical (unpaired) electrons. The molecular weight excluding hydrogens is 871 g/mol. The molecule has 0 saturated carbocycles. The number of rotatable bonds is 49. The van der Waals surface area contributed by atoms with Crippen LogP contribution in [-0.2, 0) is 23.8 Å². The van der Waals surface area contributed by atoms with Crippen molar-refractivity contribution in [2.24, 2.45) is 0 Å². The molecule has 0 aliphatic carbocycles. The Kier molecular flexibility index (Phi) is 45.3. The van der Waals surface area contributed by atoms with Crippen LogP contribution in [0.2, 0.25) is 0 Å². The maximum absolute atomic E-state index is 13.0. The quantitative estimate of drug-likeness (QED) is 0.0149. The van der Waals surface area contributed by atoms with Crippen LogP contribution in [0.3, 0.4) is 0 Å². The van der Waals surface area contributed by atoms with E-state index in [1.165, 1.54) is 141 Å². The van der Waals surface area contributed by atoms with Crippen LogP contribution in [0.25, 0.3) is 0 Å². The summed E-state index contributed by atoms with van der Waals surface area (Å²) >= 11 is 0. The van der Waals surface area contributed by atoms with E-state index in [1.54, 1.807) is 6.08 Å². The summed E-state index contributed by atoms with van der Waals surface area (Å²) in [4.78, 5) is 25.0. The van der Waals surface area contributed by atoms with Crippen LogP contribution in [0.5, 0.6) is 0 Å². The number of esters is 1. The molecule has 1 aliphatic heterocycles. The molecule has 7 unspecified atom stereocenters. The van der Waals surface area contributed by atoms with Gasteiger partial charge in [-0.15, -0.1) is 0 Å². The Bertz CT molecular complexity index is 1240. The van der Waals surface area contributed by atoms with Gasteiger partial charge in [-0.05, 0) is 64.2 Å². The van der Waals surface area contributed by atoms with Gasteiger partial charge >= 0.3 is 5.97 Å². The van der Waals surface area contributed by atoms with Crippen LogP contribution in [0.1, 0.15) is 258 Å². The number of unbranched alkanes of at least 4 members (excludes halogenated alkanes) is 32. The molecule has 11 nitrogen and oxygen atoms in total. The van der Waals surface area contributed by atoms with Crippen molar-refractivity contribution in [2.75, 3.05) is 19.8 Å². The summed E-state index contributed by atoms with van der Waals surface area (Å²) in [6.07, 6.45) is 48.2. The number of hydrogen-bond donors (Lipinski definition) is 6. The summed E-state index contributed by atoms with van der Waals surface area (Å²) < 4.78 is 16.6. The summed E-state index contributed by atoms with van der Waals surface area (Å²) in [7, 11) is 0. The van der Waals surface area contributed by atoms with Gasteiger partial charge in [0.2, 0.25) is 5.91 Å². The first-order valence-corrected chi connectivity index (χ1v) is 28.8. The van der Waals surface area contributed by atoms with E-state index in [4.69, 9.17) is 14.2 Å². The Hall–Kier alpha value is -2.12. The molecule has 69 heavy (non-hydrogen) atoms. The Morgan fingerprint density at radius 1 is 0.536 bits per heavy atom. The van der Waals surface area contributed by atoms with Crippen LogP contribution in [0.15, 0.2) is 36.5 Å². The molecule has 1 amide bonds. The van der Waals surface area contributed by atoms with Gasteiger partial charge in [0.25, 0.3) is 0 Å². The highest BCUT2D eigenvalue weighted by Crippen LogP contribution is 2.23. The van der Waals surface area contributed by atoms with Crippen molar-refractivity contribution >= 4 is 11.9 Å². The Morgan fingerprint density at radius 2 is 0.957 bits per heavy atom. The molecule has 404 valence electrons. The van der Waals surface area contributed by atoms with E-state index < -0.39 is 49.5 Å². The first-order valence-electron chi connectivity index (χ1n) is 28.8. The maximum atomic E-state index is 13.0. The van der Waals surface area contributed by atoms with E-state index in [0.717, 1.165) is 89.9 Å². The SMILES string of the molecule is CCCCCCCCC/C=C/C(O)C(COC1OC(CO)C(O)C(O)C1O)NC(=O)CCCCCCCCCCCC/C=C\C=C/CCCCCOC(=O)CCCCCCCCCCCCCCC. The van der Waals surface area contributed by atoms with Gasteiger partial charge in [-0.25, -0.2) is 0 Å². The summed E-state index contributed by atoms with van der Waals surface area (Å²) in [6, 6.07) is -0.816. The lowest BCUT2D eigenvalue weighted by Crippen LogP contribution is -2.60. The average molecular weight is 978 g/mol. The molecule has 0 aromatic rings. The van der Waals surface area contributed by atoms with Gasteiger partial charge in [-0.1, -0.05) is 217 Å². The number of carbonyl (C=O) groups is 2. The summed E-state index contributed by atoms with van der Waals surface area (Å²) in [5, 5.41) is 54.1. The van der Waals surface area contributed by atoms with Crippen LogP contribution in [0.4, 0.5) is 0 Å². The number of ether oxygens (including phenoxy) is 3. The zero-order chi connectivity index (χ0) is 50.3. The fourth-order valence-corrected chi connectivity index (χ4v) is 8.90. The summed E-state index contributed by atoms with van der Waals surface area (Å²) in [6.45, 7) is 4.26. The van der Waals surface area contributed by atoms with Gasteiger partial charge in [0.1, 0.15) is 24.4 Å². The van der Waals surface area contributed by atoms with Gasteiger partial charge in [0.15, 0.2) is 6.29 Å². The Labute approximate surface area is 422 Å². The number of hydrogen-bond acceptors (Lipinski definition) is 10.